The second-order valence-corrected chi connectivity index (χ2v) is 9.55. The Morgan fingerprint density at radius 3 is 2.76 bits per heavy atom. The normalized spacial score (nSPS) is 17.3. The Labute approximate surface area is 203 Å². The van der Waals surface area contributed by atoms with Gasteiger partial charge in [0.2, 0.25) is 5.91 Å². The van der Waals surface area contributed by atoms with Crippen molar-refractivity contribution in [2.75, 3.05) is 6.54 Å². The predicted octanol–water partition coefficient (Wildman–Crippen LogP) is 4.57. The van der Waals surface area contributed by atoms with Crippen LogP contribution in [-0.4, -0.2) is 33.1 Å². The highest BCUT2D eigenvalue weighted by molar-refractivity contribution is 6.36. The second kappa shape index (κ2) is 8.85. The number of carbonyl (C=O) groups is 1. The molecule has 3 heterocycles. The molecule has 6 rings (SSSR count). The number of aromatic nitrogens is 3. The van der Waals surface area contributed by atoms with Gasteiger partial charge in [-0.1, -0.05) is 48.0 Å². The van der Waals surface area contributed by atoms with Gasteiger partial charge in [-0.25, -0.2) is 9.50 Å². The number of pyridine rings is 1. The molecule has 0 saturated carbocycles. The Bertz CT molecular complexity index is 1400. The molecule has 2 aromatic heterocycles. The molecule has 0 spiro atoms. The smallest absolute Gasteiger partial charge is 0.220 e. The summed E-state index contributed by atoms with van der Waals surface area (Å²) in [6.07, 6.45) is 6.95. The first-order chi connectivity index (χ1) is 16.7. The van der Waals surface area contributed by atoms with E-state index in [1.54, 1.807) is 0 Å². The van der Waals surface area contributed by atoms with Crippen LogP contribution in [0.2, 0.25) is 5.02 Å². The van der Waals surface area contributed by atoms with E-state index in [-0.39, 0.29) is 11.9 Å². The van der Waals surface area contributed by atoms with E-state index in [1.165, 1.54) is 23.1 Å². The monoisotopic (exact) mass is 471 g/mol. The van der Waals surface area contributed by atoms with Gasteiger partial charge in [0.1, 0.15) is 0 Å². The molecule has 1 atom stereocenters. The predicted molar refractivity (Wildman–Crippen MR) is 134 cm³/mol. The summed E-state index contributed by atoms with van der Waals surface area (Å²) in [4.78, 5) is 16.1. The topological polar surface area (TPSA) is 71.3 Å². The van der Waals surface area contributed by atoms with E-state index in [0.717, 1.165) is 48.1 Å². The van der Waals surface area contributed by atoms with Crippen molar-refractivity contribution in [1.29, 1.82) is 0 Å². The Kier molecular flexibility index (Phi) is 5.55. The van der Waals surface area contributed by atoms with Crippen molar-refractivity contribution in [3.8, 4) is 22.5 Å². The van der Waals surface area contributed by atoms with Gasteiger partial charge in [0.25, 0.3) is 0 Å². The molecule has 1 fully saturated rings. The van der Waals surface area contributed by atoms with Crippen LogP contribution in [0.25, 0.3) is 28.2 Å². The first kappa shape index (κ1) is 21.3. The van der Waals surface area contributed by atoms with Crippen molar-refractivity contribution in [3.05, 3.63) is 76.4 Å². The molecule has 172 valence electrons. The minimum Gasteiger partial charge on any atom is -0.352 e. The molecule has 1 unspecified atom stereocenters. The van der Waals surface area contributed by atoms with Gasteiger partial charge in [-0.05, 0) is 60.1 Å². The van der Waals surface area contributed by atoms with Crippen molar-refractivity contribution in [2.24, 2.45) is 0 Å². The minimum absolute atomic E-state index is 0.141. The van der Waals surface area contributed by atoms with Gasteiger partial charge in [-0.15, -0.1) is 5.10 Å². The maximum Gasteiger partial charge on any atom is 0.220 e. The van der Waals surface area contributed by atoms with Crippen molar-refractivity contribution >= 4 is 23.2 Å². The molecule has 1 saturated heterocycles. The highest BCUT2D eigenvalue weighted by Gasteiger charge is 2.21. The number of rotatable bonds is 6. The molecular weight excluding hydrogens is 446 g/mol. The zero-order chi connectivity index (χ0) is 23.1. The lowest BCUT2D eigenvalue weighted by Gasteiger charge is -2.12. The number of nitrogens with zero attached hydrogens (tertiary/aromatic N) is 3. The Morgan fingerprint density at radius 1 is 1.03 bits per heavy atom. The molecule has 4 aromatic rings. The first-order valence-corrected chi connectivity index (χ1v) is 12.3. The SMILES string of the molecule is O=C1CCC(CNCc2ccc3nc(-c4cccc(-c5cccc6c5CCC6)c4Cl)nn3c2)N1. The highest BCUT2D eigenvalue weighted by atomic mass is 35.5. The number of hydrogen-bond donors (Lipinski definition) is 2. The van der Waals surface area contributed by atoms with Crippen LogP contribution >= 0.6 is 11.6 Å². The number of amides is 1. The minimum atomic E-state index is 0.141. The van der Waals surface area contributed by atoms with Crippen molar-refractivity contribution < 1.29 is 4.79 Å². The van der Waals surface area contributed by atoms with Crippen LogP contribution in [0, 0.1) is 0 Å². The molecular formula is C27H26ClN5O. The highest BCUT2D eigenvalue weighted by Crippen LogP contribution is 2.39. The number of hydrogen-bond acceptors (Lipinski definition) is 4. The van der Waals surface area contributed by atoms with E-state index in [9.17, 15) is 4.79 Å². The van der Waals surface area contributed by atoms with E-state index in [4.69, 9.17) is 21.7 Å². The van der Waals surface area contributed by atoms with Gasteiger partial charge in [-0.3, -0.25) is 4.79 Å². The zero-order valence-electron chi connectivity index (χ0n) is 18.9. The molecule has 34 heavy (non-hydrogen) atoms. The van der Waals surface area contributed by atoms with Crippen LogP contribution in [0.5, 0.6) is 0 Å². The van der Waals surface area contributed by atoms with Gasteiger partial charge >= 0.3 is 0 Å². The van der Waals surface area contributed by atoms with Crippen molar-refractivity contribution in [2.45, 2.75) is 44.7 Å². The fourth-order valence-electron chi connectivity index (χ4n) is 5.15. The summed E-state index contributed by atoms with van der Waals surface area (Å²) < 4.78 is 1.81. The number of halogens is 1. The zero-order valence-corrected chi connectivity index (χ0v) is 19.6. The molecule has 0 radical (unpaired) electrons. The molecule has 2 N–H and O–H groups in total. The van der Waals surface area contributed by atoms with Crippen molar-refractivity contribution in [3.63, 3.8) is 0 Å². The largest absolute Gasteiger partial charge is 0.352 e. The van der Waals surface area contributed by atoms with Gasteiger partial charge < -0.3 is 10.6 Å². The Hall–Kier alpha value is -3.22. The molecule has 2 aromatic carbocycles. The fraction of sp³-hybridized carbons (Fsp3) is 0.296. The third-order valence-corrected chi connectivity index (χ3v) is 7.28. The number of nitrogens with one attached hydrogen (secondary N) is 2. The van der Waals surface area contributed by atoms with Crippen LogP contribution in [0.1, 0.15) is 36.0 Å². The number of aryl methyl sites for hydroxylation is 1. The lowest BCUT2D eigenvalue weighted by atomic mass is 9.95. The Balaban J connectivity index is 1.25. The van der Waals surface area contributed by atoms with E-state index >= 15 is 0 Å². The molecule has 1 aliphatic heterocycles. The number of carbonyl (C=O) groups excluding carboxylic acids is 1. The molecule has 7 heteroatoms. The lowest BCUT2D eigenvalue weighted by molar-refractivity contribution is -0.119. The van der Waals surface area contributed by atoms with E-state index in [2.05, 4.69) is 41.0 Å². The third kappa shape index (κ3) is 3.97. The van der Waals surface area contributed by atoms with Gasteiger partial charge in [0.15, 0.2) is 11.5 Å². The molecule has 2 aliphatic rings. The van der Waals surface area contributed by atoms with Crippen molar-refractivity contribution in [1.82, 2.24) is 25.2 Å². The van der Waals surface area contributed by atoms with Crippen LogP contribution in [0.4, 0.5) is 0 Å². The van der Waals surface area contributed by atoms with Crippen LogP contribution in [-0.2, 0) is 24.2 Å². The van der Waals surface area contributed by atoms with E-state index < -0.39 is 0 Å². The summed E-state index contributed by atoms with van der Waals surface area (Å²) >= 11 is 6.95. The fourth-order valence-corrected chi connectivity index (χ4v) is 5.46. The van der Waals surface area contributed by atoms with E-state index in [1.807, 2.05) is 28.9 Å². The third-order valence-electron chi connectivity index (χ3n) is 6.87. The van der Waals surface area contributed by atoms with Gasteiger partial charge in [0.05, 0.1) is 5.02 Å². The molecule has 0 bridgehead atoms. The summed E-state index contributed by atoms with van der Waals surface area (Å²) in [6, 6.07) is 16.9. The Morgan fingerprint density at radius 2 is 1.88 bits per heavy atom. The summed E-state index contributed by atoms with van der Waals surface area (Å²) in [5, 5.41) is 11.8. The van der Waals surface area contributed by atoms with Crippen LogP contribution < -0.4 is 10.6 Å². The summed E-state index contributed by atoms with van der Waals surface area (Å²) in [5.41, 5.74) is 7.84. The average Bonchev–Trinajstić information content (AvgIpc) is 3.58. The quantitative estimate of drug-likeness (QED) is 0.432. The summed E-state index contributed by atoms with van der Waals surface area (Å²) in [7, 11) is 0. The molecule has 6 nitrogen and oxygen atoms in total. The maximum absolute atomic E-state index is 11.4. The van der Waals surface area contributed by atoms with Crippen LogP contribution in [0.3, 0.4) is 0 Å². The maximum atomic E-state index is 11.4. The average molecular weight is 472 g/mol. The molecule has 1 amide bonds. The first-order valence-electron chi connectivity index (χ1n) is 11.9. The van der Waals surface area contributed by atoms with E-state index in [0.29, 0.717) is 23.8 Å². The number of benzene rings is 2. The van der Waals surface area contributed by atoms with Crippen LogP contribution in [0.15, 0.2) is 54.7 Å². The summed E-state index contributed by atoms with van der Waals surface area (Å²) in [6.45, 7) is 1.46. The standard InChI is InChI=1S/C27H26ClN5O/c28-26-22(21-7-2-5-18-4-1-6-20(18)21)8-3-9-23(26)27-31-24-12-10-17(16-33(24)32-27)14-29-15-19-11-13-25(34)30-19/h2-3,5,7-10,12,16,19,29H,1,4,6,11,13-15H2,(H,30,34). The van der Waals surface area contributed by atoms with Gasteiger partial charge in [-0.2, -0.15) is 0 Å². The lowest BCUT2D eigenvalue weighted by Crippen LogP contribution is -2.35. The molecule has 1 aliphatic carbocycles. The number of fused-ring (bicyclic) bond motifs is 2. The second-order valence-electron chi connectivity index (χ2n) is 9.17. The summed E-state index contributed by atoms with van der Waals surface area (Å²) in [5.74, 6) is 0.765. The van der Waals surface area contributed by atoms with Gasteiger partial charge in [0, 0.05) is 42.9 Å².